The van der Waals surface area contributed by atoms with Crippen LogP contribution < -0.4 is 0 Å². The van der Waals surface area contributed by atoms with Gasteiger partial charge in [-0.3, -0.25) is 14.6 Å². The number of likely N-dealkylation sites (N-methyl/N-ethyl adjacent to an activating group) is 1. The van der Waals surface area contributed by atoms with Gasteiger partial charge in [0.15, 0.2) is 0 Å². The maximum atomic E-state index is 10.8. The first-order valence-corrected chi connectivity index (χ1v) is 6.35. The molecule has 0 radical (unpaired) electrons. The number of hydrogen-bond donors (Lipinski definition) is 1. The van der Waals surface area contributed by atoms with Crippen molar-refractivity contribution in [3.05, 3.63) is 0 Å². The second-order valence-corrected chi connectivity index (χ2v) is 5.10. The molecular weight excluding hydrogens is 218 g/mol. The average Bonchev–Trinajstić information content (AvgIpc) is 2.30. The van der Waals surface area contributed by atoms with Crippen LogP contribution in [0.25, 0.3) is 0 Å². The largest absolute Gasteiger partial charge is 0.480 e. The predicted octanol–water partition coefficient (Wildman–Crippen LogP) is 0.0288. The van der Waals surface area contributed by atoms with Gasteiger partial charge in [-0.2, -0.15) is 0 Å². The van der Waals surface area contributed by atoms with Gasteiger partial charge in [-0.15, -0.1) is 0 Å². The highest BCUT2D eigenvalue weighted by atomic mass is 16.4. The van der Waals surface area contributed by atoms with Gasteiger partial charge in [0.25, 0.3) is 0 Å². The first-order valence-electron chi connectivity index (χ1n) is 6.35. The predicted molar refractivity (Wildman–Crippen MR) is 68.3 cm³/mol. The van der Waals surface area contributed by atoms with E-state index in [1.54, 1.807) is 0 Å². The highest BCUT2D eigenvalue weighted by Crippen LogP contribution is 2.02. The van der Waals surface area contributed by atoms with Crippen molar-refractivity contribution in [3.8, 4) is 0 Å². The fraction of sp³-hybridized carbons (Fsp3) is 0.917. The van der Waals surface area contributed by atoms with E-state index in [1.807, 2.05) is 4.90 Å². The van der Waals surface area contributed by atoms with E-state index in [-0.39, 0.29) is 6.54 Å². The third-order valence-electron chi connectivity index (χ3n) is 3.36. The van der Waals surface area contributed by atoms with Gasteiger partial charge in [0.05, 0.1) is 6.54 Å². The SMILES string of the molecule is CC(C)N1CCN(C)CCN(CC(=O)O)CC1. The Hall–Kier alpha value is -0.650. The number of nitrogens with zero attached hydrogens (tertiary/aromatic N) is 3. The molecule has 1 saturated heterocycles. The Kier molecular flexibility index (Phi) is 5.88. The van der Waals surface area contributed by atoms with Gasteiger partial charge in [-0.1, -0.05) is 0 Å². The molecular formula is C12H25N3O2. The normalized spacial score (nSPS) is 22.1. The smallest absolute Gasteiger partial charge is 0.317 e. The Bertz CT molecular complexity index is 246. The molecule has 17 heavy (non-hydrogen) atoms. The molecule has 1 aliphatic rings. The lowest BCUT2D eigenvalue weighted by atomic mass is 10.3. The van der Waals surface area contributed by atoms with E-state index in [2.05, 4.69) is 30.7 Å². The summed E-state index contributed by atoms with van der Waals surface area (Å²) in [7, 11) is 2.10. The van der Waals surface area contributed by atoms with E-state index in [0.717, 1.165) is 39.3 Å². The third kappa shape index (κ3) is 5.48. The molecule has 0 amide bonds. The molecule has 100 valence electrons. The average molecular weight is 243 g/mol. The summed E-state index contributed by atoms with van der Waals surface area (Å²) in [6, 6.07) is 0.521. The summed E-state index contributed by atoms with van der Waals surface area (Å²) >= 11 is 0. The Morgan fingerprint density at radius 1 is 1.12 bits per heavy atom. The minimum absolute atomic E-state index is 0.153. The fourth-order valence-electron chi connectivity index (χ4n) is 2.08. The maximum absolute atomic E-state index is 10.8. The van der Waals surface area contributed by atoms with Crippen molar-refractivity contribution in [2.45, 2.75) is 19.9 Å². The molecule has 1 N–H and O–H groups in total. The molecule has 0 saturated carbocycles. The van der Waals surface area contributed by atoms with Crippen molar-refractivity contribution in [1.82, 2.24) is 14.7 Å². The molecule has 0 aromatic carbocycles. The van der Waals surface area contributed by atoms with Crippen LogP contribution in [0.1, 0.15) is 13.8 Å². The quantitative estimate of drug-likeness (QED) is 0.758. The molecule has 1 rings (SSSR count). The van der Waals surface area contributed by atoms with Crippen LogP contribution in [-0.2, 0) is 4.79 Å². The van der Waals surface area contributed by atoms with Crippen LogP contribution in [0.2, 0.25) is 0 Å². The zero-order valence-electron chi connectivity index (χ0n) is 11.2. The van der Waals surface area contributed by atoms with E-state index < -0.39 is 5.97 Å². The van der Waals surface area contributed by atoms with Crippen molar-refractivity contribution in [1.29, 1.82) is 0 Å². The highest BCUT2D eigenvalue weighted by Gasteiger charge is 2.17. The van der Waals surface area contributed by atoms with Gasteiger partial charge in [0.2, 0.25) is 0 Å². The van der Waals surface area contributed by atoms with Crippen LogP contribution in [0, 0.1) is 0 Å². The highest BCUT2D eigenvalue weighted by molar-refractivity contribution is 5.69. The van der Waals surface area contributed by atoms with Gasteiger partial charge in [-0.05, 0) is 20.9 Å². The Balaban J connectivity index is 2.56. The molecule has 0 bridgehead atoms. The lowest BCUT2D eigenvalue weighted by Gasteiger charge is -2.28. The van der Waals surface area contributed by atoms with Crippen molar-refractivity contribution in [2.75, 3.05) is 52.9 Å². The van der Waals surface area contributed by atoms with Crippen LogP contribution in [0.15, 0.2) is 0 Å². The molecule has 0 atom stereocenters. The van der Waals surface area contributed by atoms with Gasteiger partial charge >= 0.3 is 5.97 Å². The second kappa shape index (κ2) is 6.93. The molecule has 1 fully saturated rings. The van der Waals surface area contributed by atoms with E-state index in [4.69, 9.17) is 5.11 Å². The fourth-order valence-corrected chi connectivity index (χ4v) is 2.08. The number of carboxylic acid groups (broad SMARTS) is 1. The molecule has 5 heteroatoms. The molecule has 1 aliphatic heterocycles. The van der Waals surface area contributed by atoms with Crippen LogP contribution in [0.3, 0.4) is 0 Å². The van der Waals surface area contributed by atoms with E-state index in [9.17, 15) is 4.79 Å². The second-order valence-electron chi connectivity index (χ2n) is 5.10. The molecule has 1 heterocycles. The zero-order chi connectivity index (χ0) is 12.8. The number of rotatable bonds is 3. The van der Waals surface area contributed by atoms with Crippen LogP contribution in [0.5, 0.6) is 0 Å². The van der Waals surface area contributed by atoms with Crippen molar-refractivity contribution < 1.29 is 9.90 Å². The standard InChI is InChI=1S/C12H25N3O2/c1-11(2)15-8-5-13(3)4-6-14(7-9-15)10-12(16)17/h11H,4-10H2,1-3H3,(H,16,17). The number of carboxylic acids is 1. The lowest BCUT2D eigenvalue weighted by molar-refractivity contribution is -0.138. The van der Waals surface area contributed by atoms with E-state index in [1.165, 1.54) is 0 Å². The number of aliphatic carboxylic acids is 1. The van der Waals surface area contributed by atoms with Crippen molar-refractivity contribution in [2.24, 2.45) is 0 Å². The van der Waals surface area contributed by atoms with Gasteiger partial charge < -0.3 is 10.0 Å². The summed E-state index contributed by atoms with van der Waals surface area (Å²) in [4.78, 5) is 17.5. The van der Waals surface area contributed by atoms with Crippen LogP contribution in [-0.4, -0.2) is 84.7 Å². The van der Waals surface area contributed by atoms with Crippen molar-refractivity contribution >= 4 is 5.97 Å². The molecule has 5 nitrogen and oxygen atoms in total. The number of hydrogen-bond acceptors (Lipinski definition) is 4. The first kappa shape index (κ1) is 14.4. The summed E-state index contributed by atoms with van der Waals surface area (Å²) < 4.78 is 0. The summed E-state index contributed by atoms with van der Waals surface area (Å²) in [5.74, 6) is -0.733. The minimum Gasteiger partial charge on any atom is -0.480 e. The first-order chi connectivity index (χ1) is 7.99. The summed E-state index contributed by atoms with van der Waals surface area (Å²) in [5, 5.41) is 8.87. The molecule has 0 aromatic rings. The van der Waals surface area contributed by atoms with Gasteiger partial charge in [0.1, 0.15) is 0 Å². The van der Waals surface area contributed by atoms with E-state index in [0.29, 0.717) is 6.04 Å². The topological polar surface area (TPSA) is 47.0 Å². The van der Waals surface area contributed by atoms with Gasteiger partial charge in [-0.25, -0.2) is 0 Å². The maximum Gasteiger partial charge on any atom is 0.317 e. The van der Waals surface area contributed by atoms with E-state index >= 15 is 0 Å². The van der Waals surface area contributed by atoms with Crippen LogP contribution in [0.4, 0.5) is 0 Å². The summed E-state index contributed by atoms with van der Waals surface area (Å²) in [6.45, 7) is 10.2. The Morgan fingerprint density at radius 2 is 1.65 bits per heavy atom. The van der Waals surface area contributed by atoms with Crippen molar-refractivity contribution in [3.63, 3.8) is 0 Å². The molecule has 0 spiro atoms. The zero-order valence-corrected chi connectivity index (χ0v) is 11.2. The van der Waals surface area contributed by atoms with Gasteiger partial charge in [0, 0.05) is 45.3 Å². The minimum atomic E-state index is -0.733. The Labute approximate surface area is 104 Å². The monoisotopic (exact) mass is 243 g/mol. The number of carbonyl (C=O) groups is 1. The molecule has 0 unspecified atom stereocenters. The molecule has 0 aromatic heterocycles. The lowest BCUT2D eigenvalue weighted by Crippen LogP contribution is -2.41. The summed E-state index contributed by atoms with van der Waals surface area (Å²) in [6.07, 6.45) is 0. The molecule has 0 aliphatic carbocycles. The summed E-state index contributed by atoms with van der Waals surface area (Å²) in [5.41, 5.74) is 0. The third-order valence-corrected chi connectivity index (χ3v) is 3.36. The Morgan fingerprint density at radius 3 is 2.24 bits per heavy atom. The van der Waals surface area contributed by atoms with Crippen LogP contribution >= 0.6 is 0 Å².